The normalized spacial score (nSPS) is 14.9. The van der Waals surface area contributed by atoms with E-state index in [1.165, 1.54) is 0 Å². The summed E-state index contributed by atoms with van der Waals surface area (Å²) in [6.45, 7) is 6.83. The number of ether oxygens (including phenoxy) is 1. The molecule has 0 aliphatic carbocycles. The summed E-state index contributed by atoms with van der Waals surface area (Å²) < 4.78 is 6.54. The lowest BCUT2D eigenvalue weighted by atomic mass is 9.93. The van der Waals surface area contributed by atoms with Crippen LogP contribution in [-0.4, -0.2) is 17.1 Å². The summed E-state index contributed by atoms with van der Waals surface area (Å²) in [7, 11) is 0. The van der Waals surface area contributed by atoms with Gasteiger partial charge in [0, 0.05) is 16.2 Å². The predicted molar refractivity (Wildman–Crippen MR) is 69.5 cm³/mol. The van der Waals surface area contributed by atoms with E-state index in [1.807, 2.05) is 13.0 Å². The van der Waals surface area contributed by atoms with Crippen molar-refractivity contribution in [2.75, 3.05) is 6.61 Å². The average molecular weight is 287 g/mol. The van der Waals surface area contributed by atoms with Crippen LogP contribution in [0.4, 0.5) is 0 Å². The molecule has 0 saturated carbocycles. The van der Waals surface area contributed by atoms with Gasteiger partial charge in [0.1, 0.15) is 12.4 Å². The molecular weight excluding hydrogens is 268 g/mol. The standard InChI is InChI=1S/C12H19BrN2O/c1-9(2)5-12(3,14)8-16-11-4-10(13)6-15-7-11/h4,6-7,9H,5,8,14H2,1-3H3/t12-/m0/s1. The zero-order valence-corrected chi connectivity index (χ0v) is 11.6. The van der Waals surface area contributed by atoms with E-state index >= 15 is 0 Å². The van der Waals surface area contributed by atoms with E-state index in [1.54, 1.807) is 12.4 Å². The first-order valence-corrected chi connectivity index (χ1v) is 6.20. The maximum atomic E-state index is 6.15. The predicted octanol–water partition coefficient (Wildman–Crippen LogP) is 2.99. The van der Waals surface area contributed by atoms with E-state index in [-0.39, 0.29) is 5.54 Å². The molecule has 3 nitrogen and oxygen atoms in total. The molecule has 0 unspecified atom stereocenters. The number of halogens is 1. The van der Waals surface area contributed by atoms with Gasteiger partial charge < -0.3 is 10.5 Å². The van der Waals surface area contributed by atoms with Crippen LogP contribution in [0, 0.1) is 5.92 Å². The largest absolute Gasteiger partial charge is 0.490 e. The Labute approximate surface area is 106 Å². The average Bonchev–Trinajstić information content (AvgIpc) is 2.13. The van der Waals surface area contributed by atoms with Crippen molar-refractivity contribution in [2.24, 2.45) is 11.7 Å². The first-order valence-electron chi connectivity index (χ1n) is 5.41. The van der Waals surface area contributed by atoms with E-state index in [0.717, 1.165) is 16.6 Å². The second-order valence-corrected chi connectivity index (χ2v) is 5.80. The van der Waals surface area contributed by atoms with E-state index in [2.05, 4.69) is 34.8 Å². The molecule has 0 aromatic carbocycles. The number of rotatable bonds is 5. The number of nitrogens with zero attached hydrogens (tertiary/aromatic N) is 1. The second kappa shape index (κ2) is 5.64. The summed E-state index contributed by atoms with van der Waals surface area (Å²) >= 11 is 3.35. The van der Waals surface area contributed by atoms with Crippen LogP contribution in [0.15, 0.2) is 22.9 Å². The molecule has 0 radical (unpaired) electrons. The molecule has 0 aliphatic rings. The first kappa shape index (κ1) is 13.5. The fourth-order valence-corrected chi connectivity index (χ4v) is 2.05. The van der Waals surface area contributed by atoms with Crippen molar-refractivity contribution in [2.45, 2.75) is 32.7 Å². The van der Waals surface area contributed by atoms with Crippen molar-refractivity contribution in [3.8, 4) is 5.75 Å². The van der Waals surface area contributed by atoms with E-state index in [9.17, 15) is 0 Å². The Morgan fingerprint density at radius 2 is 2.19 bits per heavy atom. The molecular formula is C12H19BrN2O. The third-order valence-electron chi connectivity index (χ3n) is 2.12. The lowest BCUT2D eigenvalue weighted by Gasteiger charge is -2.26. The van der Waals surface area contributed by atoms with Crippen molar-refractivity contribution < 1.29 is 4.74 Å². The van der Waals surface area contributed by atoms with Crippen LogP contribution in [0.5, 0.6) is 5.75 Å². The SMILES string of the molecule is CC(C)C[C@](C)(N)COc1cncc(Br)c1. The third kappa shape index (κ3) is 4.94. The van der Waals surface area contributed by atoms with Crippen LogP contribution in [0.2, 0.25) is 0 Å². The van der Waals surface area contributed by atoms with Crippen molar-refractivity contribution in [3.63, 3.8) is 0 Å². The summed E-state index contributed by atoms with van der Waals surface area (Å²) in [6.07, 6.45) is 4.35. The minimum atomic E-state index is -0.295. The Kier molecular flexibility index (Phi) is 4.74. The van der Waals surface area contributed by atoms with E-state index in [0.29, 0.717) is 12.5 Å². The smallest absolute Gasteiger partial charge is 0.138 e. The second-order valence-electron chi connectivity index (χ2n) is 4.88. The van der Waals surface area contributed by atoms with Gasteiger partial charge in [-0.25, -0.2) is 0 Å². The zero-order chi connectivity index (χ0) is 12.2. The molecule has 0 fully saturated rings. The maximum Gasteiger partial charge on any atom is 0.138 e. The zero-order valence-electron chi connectivity index (χ0n) is 10.0. The highest BCUT2D eigenvalue weighted by atomic mass is 79.9. The lowest BCUT2D eigenvalue weighted by molar-refractivity contribution is 0.206. The number of hydrogen-bond donors (Lipinski definition) is 1. The van der Waals surface area contributed by atoms with Gasteiger partial charge >= 0.3 is 0 Å². The van der Waals surface area contributed by atoms with Gasteiger partial charge in [-0.2, -0.15) is 0 Å². The highest BCUT2D eigenvalue weighted by molar-refractivity contribution is 9.10. The molecule has 16 heavy (non-hydrogen) atoms. The Balaban J connectivity index is 2.50. The molecule has 1 atom stereocenters. The monoisotopic (exact) mass is 286 g/mol. The van der Waals surface area contributed by atoms with Crippen LogP contribution < -0.4 is 10.5 Å². The highest BCUT2D eigenvalue weighted by Crippen LogP contribution is 2.19. The molecule has 2 N–H and O–H groups in total. The molecule has 4 heteroatoms. The maximum absolute atomic E-state index is 6.15. The molecule has 1 rings (SSSR count). The van der Waals surface area contributed by atoms with Gasteiger partial charge in [0.05, 0.1) is 6.20 Å². The van der Waals surface area contributed by atoms with E-state index in [4.69, 9.17) is 10.5 Å². The topological polar surface area (TPSA) is 48.1 Å². The number of nitrogens with two attached hydrogens (primary N) is 1. The Hall–Kier alpha value is -0.610. The van der Waals surface area contributed by atoms with Crippen LogP contribution in [0.3, 0.4) is 0 Å². The Bertz CT molecular complexity index is 340. The Morgan fingerprint density at radius 1 is 1.50 bits per heavy atom. The van der Waals surface area contributed by atoms with Gasteiger partial charge in [-0.3, -0.25) is 4.98 Å². The fourth-order valence-electron chi connectivity index (χ4n) is 1.71. The molecule has 0 amide bonds. The van der Waals surface area contributed by atoms with Crippen LogP contribution in [-0.2, 0) is 0 Å². The number of pyridine rings is 1. The summed E-state index contributed by atoms with van der Waals surface area (Å²) in [4.78, 5) is 4.03. The van der Waals surface area contributed by atoms with Gasteiger partial charge in [0.25, 0.3) is 0 Å². The van der Waals surface area contributed by atoms with Crippen molar-refractivity contribution in [3.05, 3.63) is 22.9 Å². The summed E-state index contributed by atoms with van der Waals surface area (Å²) in [5, 5.41) is 0. The van der Waals surface area contributed by atoms with Gasteiger partial charge in [-0.1, -0.05) is 13.8 Å². The van der Waals surface area contributed by atoms with Crippen molar-refractivity contribution >= 4 is 15.9 Å². The van der Waals surface area contributed by atoms with Crippen LogP contribution >= 0.6 is 15.9 Å². The number of hydrogen-bond acceptors (Lipinski definition) is 3. The highest BCUT2D eigenvalue weighted by Gasteiger charge is 2.21. The molecule has 0 spiro atoms. The molecule has 90 valence electrons. The first-order chi connectivity index (χ1) is 7.39. The lowest BCUT2D eigenvalue weighted by Crippen LogP contribution is -2.43. The van der Waals surface area contributed by atoms with Crippen LogP contribution in [0.25, 0.3) is 0 Å². The van der Waals surface area contributed by atoms with E-state index < -0.39 is 0 Å². The van der Waals surface area contributed by atoms with Crippen molar-refractivity contribution in [1.29, 1.82) is 0 Å². The van der Waals surface area contributed by atoms with Crippen LogP contribution in [0.1, 0.15) is 27.2 Å². The Morgan fingerprint density at radius 3 is 2.75 bits per heavy atom. The molecule has 0 aliphatic heterocycles. The number of aromatic nitrogens is 1. The quantitative estimate of drug-likeness (QED) is 0.905. The minimum absolute atomic E-state index is 0.295. The summed E-state index contributed by atoms with van der Waals surface area (Å²) in [5.74, 6) is 1.31. The summed E-state index contributed by atoms with van der Waals surface area (Å²) in [5.41, 5.74) is 5.85. The van der Waals surface area contributed by atoms with Gasteiger partial charge in [-0.15, -0.1) is 0 Å². The third-order valence-corrected chi connectivity index (χ3v) is 2.56. The van der Waals surface area contributed by atoms with Gasteiger partial charge in [0.2, 0.25) is 0 Å². The molecule has 0 bridgehead atoms. The minimum Gasteiger partial charge on any atom is -0.490 e. The fraction of sp³-hybridized carbons (Fsp3) is 0.583. The molecule has 0 saturated heterocycles. The molecule has 1 aromatic rings. The van der Waals surface area contributed by atoms with Crippen molar-refractivity contribution in [1.82, 2.24) is 4.98 Å². The van der Waals surface area contributed by atoms with Gasteiger partial charge in [-0.05, 0) is 41.3 Å². The molecule has 1 heterocycles. The summed E-state index contributed by atoms with van der Waals surface area (Å²) in [6, 6.07) is 1.89. The molecule has 1 aromatic heterocycles. The van der Waals surface area contributed by atoms with Gasteiger partial charge in [0.15, 0.2) is 0 Å².